The highest BCUT2D eigenvalue weighted by Crippen LogP contribution is 2.24. The van der Waals surface area contributed by atoms with Crippen molar-refractivity contribution in [2.45, 2.75) is 26.0 Å². The lowest BCUT2D eigenvalue weighted by molar-refractivity contribution is 0.302. The summed E-state index contributed by atoms with van der Waals surface area (Å²) in [6.07, 6.45) is 0.761. The summed E-state index contributed by atoms with van der Waals surface area (Å²) in [4.78, 5) is 4.44. The minimum absolute atomic E-state index is 0.107. The van der Waals surface area contributed by atoms with E-state index in [0.29, 0.717) is 6.61 Å². The molecule has 0 spiro atoms. The molecule has 0 radical (unpaired) electrons. The highest BCUT2D eigenvalue weighted by molar-refractivity contribution is 9.10. The first kappa shape index (κ1) is 14.0. The standard InChI is InChI=1S/C15H17BrN2O/c1-11(17)9-13-7-8-14(15(16)18-13)19-10-12-5-3-2-4-6-12/h2-8,11H,9-10,17H2,1H3. The predicted molar refractivity (Wildman–Crippen MR) is 80.1 cm³/mol. The van der Waals surface area contributed by atoms with Gasteiger partial charge in [-0.3, -0.25) is 0 Å². The van der Waals surface area contributed by atoms with Crippen LogP contribution in [0.15, 0.2) is 47.1 Å². The SMILES string of the molecule is CC(N)Cc1ccc(OCc2ccccc2)c(Br)n1. The first-order valence-corrected chi connectivity index (χ1v) is 7.02. The van der Waals surface area contributed by atoms with E-state index in [1.54, 1.807) is 0 Å². The van der Waals surface area contributed by atoms with Gasteiger partial charge in [0.05, 0.1) is 0 Å². The smallest absolute Gasteiger partial charge is 0.152 e. The van der Waals surface area contributed by atoms with Gasteiger partial charge in [-0.1, -0.05) is 30.3 Å². The normalized spacial score (nSPS) is 12.2. The van der Waals surface area contributed by atoms with Crippen molar-refractivity contribution >= 4 is 15.9 Å². The Labute approximate surface area is 121 Å². The van der Waals surface area contributed by atoms with Crippen molar-refractivity contribution in [2.75, 3.05) is 0 Å². The van der Waals surface area contributed by atoms with Gasteiger partial charge in [-0.2, -0.15) is 0 Å². The number of benzene rings is 1. The van der Waals surface area contributed by atoms with Crippen LogP contribution >= 0.6 is 15.9 Å². The minimum Gasteiger partial charge on any atom is -0.486 e. The molecule has 0 saturated heterocycles. The quantitative estimate of drug-likeness (QED) is 0.860. The van der Waals surface area contributed by atoms with Gasteiger partial charge in [0.2, 0.25) is 0 Å². The second-order valence-corrected chi connectivity index (χ2v) is 5.30. The van der Waals surface area contributed by atoms with Crippen LogP contribution in [0.1, 0.15) is 18.2 Å². The van der Waals surface area contributed by atoms with E-state index in [4.69, 9.17) is 10.5 Å². The van der Waals surface area contributed by atoms with Crippen molar-refractivity contribution in [3.63, 3.8) is 0 Å². The average Bonchev–Trinajstić information content (AvgIpc) is 2.38. The van der Waals surface area contributed by atoms with Crippen LogP contribution in [0.4, 0.5) is 0 Å². The van der Waals surface area contributed by atoms with Crippen LogP contribution in [0.2, 0.25) is 0 Å². The average molecular weight is 321 g/mol. The molecule has 0 amide bonds. The summed E-state index contributed by atoms with van der Waals surface area (Å²) in [6, 6.07) is 14.0. The molecule has 19 heavy (non-hydrogen) atoms. The van der Waals surface area contributed by atoms with Crippen molar-refractivity contribution in [2.24, 2.45) is 5.73 Å². The summed E-state index contributed by atoms with van der Waals surface area (Å²) in [6.45, 7) is 2.50. The Morgan fingerprint density at radius 1 is 1.21 bits per heavy atom. The molecule has 0 aliphatic carbocycles. The van der Waals surface area contributed by atoms with Gasteiger partial charge in [0.1, 0.15) is 11.2 Å². The molecule has 1 atom stereocenters. The Balaban J connectivity index is 2.01. The Morgan fingerprint density at radius 3 is 2.58 bits per heavy atom. The van der Waals surface area contributed by atoms with Crippen LogP contribution in [-0.2, 0) is 13.0 Å². The molecule has 1 heterocycles. The zero-order valence-electron chi connectivity index (χ0n) is 10.8. The fourth-order valence-corrected chi connectivity index (χ4v) is 2.22. The molecule has 0 fully saturated rings. The number of hydrogen-bond acceptors (Lipinski definition) is 3. The third kappa shape index (κ3) is 4.33. The van der Waals surface area contributed by atoms with E-state index >= 15 is 0 Å². The topological polar surface area (TPSA) is 48.1 Å². The van der Waals surface area contributed by atoms with Gasteiger partial charge in [-0.05, 0) is 40.5 Å². The van der Waals surface area contributed by atoms with Crippen molar-refractivity contribution in [1.82, 2.24) is 4.98 Å². The summed E-state index contributed by atoms with van der Waals surface area (Å²) in [5.74, 6) is 0.747. The lowest BCUT2D eigenvalue weighted by Crippen LogP contribution is -2.18. The highest BCUT2D eigenvalue weighted by Gasteiger charge is 2.06. The van der Waals surface area contributed by atoms with Crippen LogP contribution in [0.25, 0.3) is 0 Å². The maximum absolute atomic E-state index is 5.76. The van der Waals surface area contributed by atoms with Crippen LogP contribution in [0.3, 0.4) is 0 Å². The second-order valence-electron chi connectivity index (χ2n) is 4.55. The van der Waals surface area contributed by atoms with Crippen LogP contribution in [0.5, 0.6) is 5.75 Å². The van der Waals surface area contributed by atoms with Crippen LogP contribution in [-0.4, -0.2) is 11.0 Å². The lowest BCUT2D eigenvalue weighted by atomic mass is 10.2. The molecule has 1 aromatic heterocycles. The molecule has 1 unspecified atom stereocenters. The number of halogens is 1. The lowest BCUT2D eigenvalue weighted by Gasteiger charge is -2.10. The zero-order chi connectivity index (χ0) is 13.7. The number of hydrogen-bond donors (Lipinski definition) is 1. The fraction of sp³-hybridized carbons (Fsp3) is 0.267. The van der Waals surface area contributed by atoms with Crippen LogP contribution in [0, 0.1) is 0 Å². The van der Waals surface area contributed by atoms with Gasteiger partial charge >= 0.3 is 0 Å². The summed E-state index contributed by atoms with van der Waals surface area (Å²) < 4.78 is 6.47. The second kappa shape index (κ2) is 6.68. The van der Waals surface area contributed by atoms with Gasteiger partial charge < -0.3 is 10.5 Å². The molecule has 3 nitrogen and oxygen atoms in total. The first-order valence-electron chi connectivity index (χ1n) is 6.23. The molecule has 0 aliphatic rings. The van der Waals surface area contributed by atoms with Crippen molar-refractivity contribution < 1.29 is 4.74 Å². The van der Waals surface area contributed by atoms with Gasteiger partial charge in [0.15, 0.2) is 5.75 Å². The van der Waals surface area contributed by atoms with Crippen LogP contribution < -0.4 is 10.5 Å². The van der Waals surface area contributed by atoms with Gasteiger partial charge in [0.25, 0.3) is 0 Å². The molecule has 2 aromatic rings. The van der Waals surface area contributed by atoms with E-state index < -0.39 is 0 Å². The molecule has 1 aromatic carbocycles. The van der Waals surface area contributed by atoms with E-state index in [2.05, 4.69) is 20.9 Å². The molecule has 0 aliphatic heterocycles. The Kier molecular flexibility index (Phi) is 4.93. The van der Waals surface area contributed by atoms with Crippen molar-refractivity contribution in [1.29, 1.82) is 0 Å². The Hall–Kier alpha value is -1.39. The predicted octanol–water partition coefficient (Wildman–Crippen LogP) is 3.31. The minimum atomic E-state index is 0.107. The molecule has 2 N–H and O–H groups in total. The van der Waals surface area contributed by atoms with E-state index in [9.17, 15) is 0 Å². The van der Waals surface area contributed by atoms with Crippen molar-refractivity contribution in [3.8, 4) is 5.75 Å². The number of rotatable bonds is 5. The Morgan fingerprint density at radius 2 is 1.95 bits per heavy atom. The van der Waals surface area contributed by atoms with Gasteiger partial charge in [-0.25, -0.2) is 4.98 Å². The Bertz CT molecular complexity index is 529. The van der Waals surface area contributed by atoms with E-state index in [-0.39, 0.29) is 6.04 Å². The number of ether oxygens (including phenoxy) is 1. The molecule has 100 valence electrons. The van der Waals surface area contributed by atoms with Gasteiger partial charge in [-0.15, -0.1) is 0 Å². The monoisotopic (exact) mass is 320 g/mol. The molecular formula is C15H17BrN2O. The van der Waals surface area contributed by atoms with Gasteiger partial charge in [0, 0.05) is 18.2 Å². The summed E-state index contributed by atoms with van der Waals surface area (Å²) in [7, 11) is 0. The largest absolute Gasteiger partial charge is 0.486 e. The number of nitrogens with two attached hydrogens (primary N) is 1. The number of nitrogens with zero attached hydrogens (tertiary/aromatic N) is 1. The van der Waals surface area contributed by atoms with Crippen molar-refractivity contribution in [3.05, 3.63) is 58.3 Å². The maximum Gasteiger partial charge on any atom is 0.152 e. The highest BCUT2D eigenvalue weighted by atomic mass is 79.9. The first-order chi connectivity index (χ1) is 9.15. The molecule has 2 rings (SSSR count). The summed E-state index contributed by atoms with van der Waals surface area (Å²) >= 11 is 3.43. The summed E-state index contributed by atoms with van der Waals surface area (Å²) in [5, 5.41) is 0. The number of pyridine rings is 1. The third-order valence-electron chi connectivity index (χ3n) is 2.64. The fourth-order valence-electron chi connectivity index (χ4n) is 1.75. The molecular weight excluding hydrogens is 304 g/mol. The molecule has 0 saturated carbocycles. The molecule has 0 bridgehead atoms. The summed E-state index contributed by atoms with van der Waals surface area (Å²) in [5.41, 5.74) is 7.86. The number of aromatic nitrogens is 1. The zero-order valence-corrected chi connectivity index (χ0v) is 12.4. The maximum atomic E-state index is 5.76. The third-order valence-corrected chi connectivity index (χ3v) is 3.21. The molecule has 4 heteroatoms. The van der Waals surface area contributed by atoms with E-state index in [0.717, 1.165) is 28.0 Å². The van der Waals surface area contributed by atoms with E-state index in [1.807, 2.05) is 49.4 Å². The van der Waals surface area contributed by atoms with E-state index in [1.165, 1.54) is 0 Å².